The molecule has 3 aromatic carbocycles. The lowest BCUT2D eigenvalue weighted by atomic mass is 10.0. The maximum Gasteiger partial charge on any atom is 0.416 e. The molecule has 0 bridgehead atoms. The number of alkyl halides is 6. The van der Waals surface area contributed by atoms with Gasteiger partial charge in [0.25, 0.3) is 0 Å². The van der Waals surface area contributed by atoms with E-state index < -0.39 is 34.9 Å². The molecule has 2 fully saturated rings. The van der Waals surface area contributed by atoms with Crippen LogP contribution in [0.25, 0.3) is 5.70 Å². The van der Waals surface area contributed by atoms with Crippen molar-refractivity contribution in [3.8, 4) is 0 Å². The van der Waals surface area contributed by atoms with Gasteiger partial charge in [0.05, 0.1) is 39.6 Å². The van der Waals surface area contributed by atoms with Gasteiger partial charge in [-0.15, -0.1) is 0 Å². The van der Waals surface area contributed by atoms with Crippen LogP contribution in [-0.2, 0) is 12.4 Å². The second-order valence-corrected chi connectivity index (χ2v) is 17.2. The maximum absolute atomic E-state index is 14.2. The minimum Gasteiger partial charge on any atom is -0.371 e. The minimum absolute atomic E-state index is 0.0417. The molecule has 0 radical (unpaired) electrons. The Balaban J connectivity index is 1.16. The highest BCUT2D eigenvalue weighted by atomic mass is 19.4. The van der Waals surface area contributed by atoms with Crippen molar-refractivity contribution in [1.29, 1.82) is 0 Å². The van der Waals surface area contributed by atoms with E-state index in [-0.39, 0.29) is 18.0 Å². The largest absolute Gasteiger partial charge is 0.416 e. The summed E-state index contributed by atoms with van der Waals surface area (Å²) < 4.78 is 85.4. The van der Waals surface area contributed by atoms with Gasteiger partial charge < -0.3 is 20.4 Å². The molecule has 67 heavy (non-hydrogen) atoms. The van der Waals surface area contributed by atoms with Crippen LogP contribution in [0.3, 0.4) is 0 Å². The van der Waals surface area contributed by atoms with Gasteiger partial charge in [0.1, 0.15) is 11.6 Å². The number of anilines is 6. The van der Waals surface area contributed by atoms with Gasteiger partial charge in [-0.1, -0.05) is 0 Å². The van der Waals surface area contributed by atoms with Crippen molar-refractivity contribution in [2.75, 3.05) is 46.6 Å². The second-order valence-electron chi connectivity index (χ2n) is 17.2. The number of guanidine groups is 2. The third-order valence-electron chi connectivity index (χ3n) is 12.3. The van der Waals surface area contributed by atoms with E-state index in [1.807, 2.05) is 86.7 Å². The topological polar surface area (TPSA) is 109 Å². The summed E-state index contributed by atoms with van der Waals surface area (Å²) in [6.07, 6.45) is 3.51. The van der Waals surface area contributed by atoms with Gasteiger partial charge in [-0.25, -0.2) is 24.9 Å². The van der Waals surface area contributed by atoms with Crippen LogP contribution in [0, 0.1) is 13.8 Å². The second kappa shape index (κ2) is 17.5. The number of piperidine rings is 2. The van der Waals surface area contributed by atoms with Crippen molar-refractivity contribution in [1.82, 2.24) is 14.9 Å². The standard InChI is InChI=1S/C50H45F6N11/c1-30-13-15-57-44(21-30)59-40-26-35(65-17-5-3-6-18-65)9-11-38(40)42-28-37-29-43(39-12-10-36(66-19-7-4-8-20-66)27-41(39)60-45-22-31(2)14-16-58-45)62-48-64-46(63-47(61-42)67(37)48)32-23-33(49(51,52)53)25-34(24-32)50(54,55)56/h9-16,21-29H,3-8,17-20H2,1-2H3,(H,57,59)(H,58,60). The lowest BCUT2D eigenvalue weighted by molar-refractivity contribution is -0.143. The SMILES string of the molecule is Cc1ccnc(Nc2cc(N3CCCCC3)ccc2C2=CC3=CC(c4ccc(N5CCCCC5)cc4Nc4cc(C)ccn4)=NC4=NC(c5cc(C(F)(F)F)cc(C(F)(F)F)c5)=NC(=N2)N34)c1. The number of aromatic nitrogens is 2. The van der Waals surface area contributed by atoms with Gasteiger partial charge in [-0.05, 0) is 155 Å². The number of nitrogens with one attached hydrogen (secondary N) is 2. The molecule has 10 rings (SSSR count). The fraction of sp³-hybridized carbons (Fsp3) is 0.280. The molecule has 0 spiro atoms. The number of rotatable bonds is 9. The van der Waals surface area contributed by atoms with Crippen molar-refractivity contribution in [2.45, 2.75) is 64.7 Å². The Morgan fingerprint density at radius 3 is 1.58 bits per heavy atom. The lowest BCUT2D eigenvalue weighted by Gasteiger charge is -2.34. The predicted octanol–water partition coefficient (Wildman–Crippen LogP) is 11.8. The van der Waals surface area contributed by atoms with E-state index in [1.54, 1.807) is 17.3 Å². The monoisotopic (exact) mass is 913 g/mol. The predicted molar refractivity (Wildman–Crippen MR) is 252 cm³/mol. The summed E-state index contributed by atoms with van der Waals surface area (Å²) in [5, 5.41) is 7.00. The summed E-state index contributed by atoms with van der Waals surface area (Å²) in [6, 6.07) is 21.0. The highest BCUT2D eigenvalue weighted by molar-refractivity contribution is 6.27. The van der Waals surface area contributed by atoms with E-state index in [0.29, 0.717) is 63.4 Å². The van der Waals surface area contributed by atoms with Crippen molar-refractivity contribution in [3.63, 3.8) is 0 Å². The van der Waals surface area contributed by atoms with Crippen LogP contribution in [0.15, 0.2) is 129 Å². The molecule has 342 valence electrons. The zero-order valence-electron chi connectivity index (χ0n) is 36.7. The number of aryl methyl sites for hydroxylation is 2. The van der Waals surface area contributed by atoms with Gasteiger partial charge in [0.2, 0.25) is 11.9 Å². The Hall–Kier alpha value is -7.30. The smallest absolute Gasteiger partial charge is 0.371 e. The Morgan fingerprint density at radius 2 is 1.04 bits per heavy atom. The molecule has 2 saturated heterocycles. The minimum atomic E-state index is -5.10. The Bertz CT molecular complexity index is 2810. The molecule has 2 aromatic heterocycles. The van der Waals surface area contributed by atoms with E-state index >= 15 is 0 Å². The summed E-state index contributed by atoms with van der Waals surface area (Å²) in [7, 11) is 0. The Kier molecular flexibility index (Phi) is 11.4. The van der Waals surface area contributed by atoms with Crippen molar-refractivity contribution in [3.05, 3.63) is 148 Å². The molecular formula is C50H45F6N11. The van der Waals surface area contributed by atoms with Gasteiger partial charge in [-0.2, -0.15) is 36.3 Å². The van der Waals surface area contributed by atoms with Crippen LogP contribution >= 0.6 is 0 Å². The Labute approximate surface area is 383 Å². The van der Waals surface area contributed by atoms with Gasteiger partial charge in [0, 0.05) is 66.6 Å². The molecule has 11 nitrogen and oxygen atoms in total. The number of benzene rings is 3. The summed E-state index contributed by atoms with van der Waals surface area (Å²) in [5.74, 6) is 0.697. The number of amidine groups is 1. The molecule has 0 atom stereocenters. The average molecular weight is 914 g/mol. The molecular weight excluding hydrogens is 869 g/mol. The first-order chi connectivity index (χ1) is 32.2. The summed E-state index contributed by atoms with van der Waals surface area (Å²) >= 11 is 0. The number of hydrogen-bond acceptors (Lipinski definition) is 11. The third-order valence-corrected chi connectivity index (χ3v) is 12.3. The number of halogens is 6. The normalized spacial score (nSPS) is 17.4. The molecule has 0 amide bonds. The van der Waals surface area contributed by atoms with Crippen molar-refractivity contribution < 1.29 is 26.3 Å². The van der Waals surface area contributed by atoms with Crippen molar-refractivity contribution >= 4 is 63.5 Å². The third kappa shape index (κ3) is 9.27. The lowest BCUT2D eigenvalue weighted by Crippen LogP contribution is -2.42. The molecule has 5 aromatic rings. The highest BCUT2D eigenvalue weighted by Gasteiger charge is 2.39. The molecule has 7 heterocycles. The summed E-state index contributed by atoms with van der Waals surface area (Å²) in [4.78, 5) is 34.4. The molecule has 17 heteroatoms. The summed E-state index contributed by atoms with van der Waals surface area (Å²) in [5.41, 5.74) is 4.54. The van der Waals surface area contributed by atoms with Crippen LogP contribution in [-0.4, -0.2) is 64.5 Å². The summed E-state index contributed by atoms with van der Waals surface area (Å²) in [6.45, 7) is 7.54. The molecule has 2 N–H and O–H groups in total. The van der Waals surface area contributed by atoms with Crippen LogP contribution in [0.4, 0.5) is 60.7 Å². The van der Waals surface area contributed by atoms with Gasteiger partial charge in [0.15, 0.2) is 5.84 Å². The quantitative estimate of drug-likeness (QED) is 0.142. The highest BCUT2D eigenvalue weighted by Crippen LogP contribution is 2.40. The fourth-order valence-corrected chi connectivity index (χ4v) is 8.91. The Morgan fingerprint density at radius 1 is 0.522 bits per heavy atom. The van der Waals surface area contributed by atoms with E-state index in [9.17, 15) is 26.3 Å². The molecule has 0 unspecified atom stereocenters. The van der Waals surface area contributed by atoms with Gasteiger partial charge in [-0.3, -0.25) is 0 Å². The maximum atomic E-state index is 14.2. The molecule has 0 saturated carbocycles. The van der Waals surface area contributed by atoms with Crippen LogP contribution in [0.5, 0.6) is 0 Å². The van der Waals surface area contributed by atoms with Crippen molar-refractivity contribution in [2.24, 2.45) is 20.0 Å². The zero-order valence-corrected chi connectivity index (χ0v) is 36.7. The van der Waals surface area contributed by atoms with Gasteiger partial charge >= 0.3 is 12.4 Å². The van der Waals surface area contributed by atoms with E-state index in [2.05, 4.69) is 40.4 Å². The molecule has 0 aliphatic carbocycles. The number of pyridine rings is 2. The average Bonchev–Trinajstić information content (AvgIpc) is 3.31. The zero-order chi connectivity index (χ0) is 46.5. The molecule has 5 aliphatic rings. The fourth-order valence-electron chi connectivity index (χ4n) is 8.91. The van der Waals surface area contributed by atoms with Crippen LogP contribution in [0.1, 0.15) is 77.5 Å². The first-order valence-electron chi connectivity index (χ1n) is 22.3. The van der Waals surface area contributed by atoms with Crippen LogP contribution in [0.2, 0.25) is 0 Å². The van der Waals surface area contributed by atoms with E-state index in [0.717, 1.165) is 87.2 Å². The first kappa shape index (κ1) is 43.6. The van der Waals surface area contributed by atoms with Crippen LogP contribution < -0.4 is 20.4 Å². The number of allylic oxidation sites excluding steroid dienone is 2. The van der Waals surface area contributed by atoms with E-state index in [4.69, 9.17) is 9.98 Å². The first-order valence-corrected chi connectivity index (χ1v) is 22.3. The molecule has 5 aliphatic heterocycles. The van der Waals surface area contributed by atoms with E-state index in [1.165, 1.54) is 0 Å². The number of nitrogens with zero attached hydrogens (tertiary/aromatic N) is 9. The number of hydrogen-bond donors (Lipinski definition) is 2. The number of aliphatic imine (C=N–C) groups is 4.